The van der Waals surface area contributed by atoms with Gasteiger partial charge in [0.15, 0.2) is 14.6 Å². The fourth-order valence-corrected chi connectivity index (χ4v) is 5.07. The van der Waals surface area contributed by atoms with E-state index < -0.39 is 8.32 Å². The molecule has 0 radical (unpaired) electrons. The summed E-state index contributed by atoms with van der Waals surface area (Å²) in [5.74, 6) is -0.515. The molecule has 8 heteroatoms. The molecule has 34 heavy (non-hydrogen) atoms. The maximum absolute atomic E-state index is 12.7. The van der Waals surface area contributed by atoms with Crippen LogP contribution in [-0.2, 0) is 23.4 Å². The van der Waals surface area contributed by atoms with E-state index in [-0.39, 0.29) is 29.3 Å². The van der Waals surface area contributed by atoms with Crippen LogP contribution < -0.4 is 0 Å². The van der Waals surface area contributed by atoms with Gasteiger partial charge in [0.05, 0.1) is 30.9 Å². The molecule has 1 saturated heterocycles. The lowest BCUT2D eigenvalue weighted by atomic mass is 10.00. The average Bonchev–Trinajstić information content (AvgIpc) is 2.78. The minimum atomic E-state index is -2.04. The molecule has 1 aliphatic rings. The van der Waals surface area contributed by atoms with Crippen LogP contribution in [0.3, 0.4) is 0 Å². The number of ether oxygens (including phenoxy) is 3. The number of carbonyl (C=O) groups is 1. The van der Waals surface area contributed by atoms with E-state index in [0.29, 0.717) is 31.3 Å². The van der Waals surface area contributed by atoms with Crippen LogP contribution in [0.25, 0.3) is 0 Å². The average molecular weight is 514 g/mol. The van der Waals surface area contributed by atoms with Crippen molar-refractivity contribution in [2.75, 3.05) is 19.8 Å². The Morgan fingerprint density at radius 3 is 2.68 bits per heavy atom. The van der Waals surface area contributed by atoms with Crippen molar-refractivity contribution in [3.63, 3.8) is 0 Å². The number of nitrogens with zero attached hydrogens (tertiary/aromatic N) is 1. The van der Waals surface area contributed by atoms with Crippen molar-refractivity contribution in [2.24, 2.45) is 5.92 Å². The number of esters is 1. The zero-order valence-electron chi connectivity index (χ0n) is 21.9. The molecule has 0 spiro atoms. The summed E-state index contributed by atoms with van der Waals surface area (Å²) in [4.78, 5) is 17.3. The molecule has 3 atom stereocenters. The van der Waals surface area contributed by atoms with E-state index >= 15 is 0 Å². The summed E-state index contributed by atoms with van der Waals surface area (Å²) < 4.78 is 23.8. The second kappa shape index (κ2) is 13.9. The molecule has 1 aromatic heterocycles. The monoisotopic (exact) mass is 513 g/mol. The predicted octanol–water partition coefficient (Wildman–Crippen LogP) is 7.08. The molecule has 1 fully saturated rings. The van der Waals surface area contributed by atoms with Crippen LogP contribution in [0, 0.1) is 5.92 Å². The van der Waals surface area contributed by atoms with Crippen LogP contribution in [-0.4, -0.2) is 45.4 Å². The van der Waals surface area contributed by atoms with Gasteiger partial charge in [-0.3, -0.25) is 9.78 Å². The molecule has 1 unspecified atom stereocenters. The van der Waals surface area contributed by atoms with Gasteiger partial charge in [-0.1, -0.05) is 39.3 Å². The Kier molecular flexibility index (Phi) is 12.0. The Hall–Kier alpha value is -0.993. The van der Waals surface area contributed by atoms with Crippen molar-refractivity contribution in [2.45, 2.75) is 103 Å². The number of carbonyl (C=O) groups excluding carboxylic acids is 1. The van der Waals surface area contributed by atoms with E-state index in [1.807, 2.05) is 13.0 Å². The number of pyridine rings is 1. The molecule has 1 aliphatic heterocycles. The highest BCUT2D eigenvalue weighted by atomic mass is 35.5. The Morgan fingerprint density at radius 1 is 1.29 bits per heavy atom. The van der Waals surface area contributed by atoms with E-state index in [0.717, 1.165) is 44.2 Å². The maximum Gasteiger partial charge on any atom is 0.311 e. The number of aromatic nitrogens is 1. The summed E-state index contributed by atoms with van der Waals surface area (Å²) >= 11 is 6.27. The molecule has 6 nitrogen and oxygen atoms in total. The minimum absolute atomic E-state index is 0.0736. The van der Waals surface area contributed by atoms with Gasteiger partial charge in [-0.05, 0) is 75.2 Å². The summed E-state index contributed by atoms with van der Waals surface area (Å²) in [7, 11) is -2.04. The van der Waals surface area contributed by atoms with Crippen LogP contribution in [0.1, 0.15) is 84.4 Å². The lowest BCUT2D eigenvalue weighted by Gasteiger charge is -2.39. The van der Waals surface area contributed by atoms with Crippen molar-refractivity contribution in [3.8, 4) is 0 Å². The zero-order chi connectivity index (χ0) is 25.2. The van der Waals surface area contributed by atoms with E-state index in [4.69, 9.17) is 30.2 Å². The van der Waals surface area contributed by atoms with Crippen molar-refractivity contribution in [3.05, 3.63) is 29.0 Å². The maximum atomic E-state index is 12.7. The molecule has 0 bridgehead atoms. The highest BCUT2D eigenvalue weighted by Crippen LogP contribution is 2.41. The summed E-state index contributed by atoms with van der Waals surface area (Å²) in [5, 5.41) is 0.722. The number of hydrogen-bond donors (Lipinski definition) is 0. The molecule has 2 rings (SSSR count). The normalized spacial score (nSPS) is 19.0. The first-order chi connectivity index (χ1) is 16.0. The first-order valence-corrected chi connectivity index (χ1v) is 16.0. The van der Waals surface area contributed by atoms with Crippen LogP contribution in [0.5, 0.6) is 0 Å². The zero-order valence-corrected chi connectivity index (χ0v) is 23.7. The van der Waals surface area contributed by atoms with Crippen LogP contribution in [0.2, 0.25) is 23.2 Å². The molecule has 194 valence electrons. The first-order valence-electron chi connectivity index (χ1n) is 12.7. The standard InChI is InChI=1S/C26H44ClNO5Si/c1-7-16-31-25(29)20(19-32-24-13-8-9-17-30-24)11-10-12-23(22-18-21(27)14-15-28-22)33-34(5,6)26(2,3)4/h14-15,18,20,23-24H,7-13,16-17,19H2,1-6H3/t20-,23-,24?/m0/s1. The number of halogens is 1. The third-order valence-corrected chi connectivity index (χ3v) is 11.5. The van der Waals surface area contributed by atoms with E-state index in [1.165, 1.54) is 0 Å². The van der Waals surface area contributed by atoms with Crippen molar-refractivity contribution in [1.29, 1.82) is 0 Å². The van der Waals surface area contributed by atoms with Gasteiger partial charge in [-0.15, -0.1) is 0 Å². The Bertz CT molecular complexity index is 749. The Labute approximate surface area is 212 Å². The lowest BCUT2D eigenvalue weighted by Crippen LogP contribution is -2.42. The molecule has 0 saturated carbocycles. The van der Waals surface area contributed by atoms with Gasteiger partial charge in [0.25, 0.3) is 0 Å². The lowest BCUT2D eigenvalue weighted by molar-refractivity contribution is -0.178. The second-order valence-electron chi connectivity index (χ2n) is 10.7. The second-order valence-corrected chi connectivity index (χ2v) is 15.9. The molecular weight excluding hydrogens is 470 g/mol. The van der Waals surface area contributed by atoms with Gasteiger partial charge in [-0.2, -0.15) is 0 Å². The van der Waals surface area contributed by atoms with Gasteiger partial charge in [0.2, 0.25) is 0 Å². The van der Waals surface area contributed by atoms with Crippen LogP contribution in [0.15, 0.2) is 18.3 Å². The number of rotatable bonds is 13. The number of hydrogen-bond acceptors (Lipinski definition) is 6. The quantitative estimate of drug-likeness (QED) is 0.207. The predicted molar refractivity (Wildman–Crippen MR) is 138 cm³/mol. The smallest absolute Gasteiger partial charge is 0.311 e. The van der Waals surface area contributed by atoms with Crippen molar-refractivity contribution in [1.82, 2.24) is 4.98 Å². The molecule has 0 aliphatic carbocycles. The first kappa shape index (κ1) is 29.2. The highest BCUT2D eigenvalue weighted by Gasteiger charge is 2.39. The SMILES string of the molecule is CCCOC(=O)[C@@H](CCC[C@H](O[Si](C)(C)C(C)(C)C)c1cc(Cl)ccn1)COC1CCCCO1. The van der Waals surface area contributed by atoms with E-state index in [1.54, 1.807) is 12.3 Å². The molecule has 0 aromatic carbocycles. The largest absolute Gasteiger partial charge is 0.465 e. The van der Waals surface area contributed by atoms with Gasteiger partial charge in [-0.25, -0.2) is 0 Å². The molecule has 2 heterocycles. The van der Waals surface area contributed by atoms with Crippen molar-refractivity contribution < 1.29 is 23.4 Å². The van der Waals surface area contributed by atoms with E-state index in [9.17, 15) is 4.79 Å². The molecular formula is C26H44ClNO5Si. The minimum Gasteiger partial charge on any atom is -0.465 e. The van der Waals surface area contributed by atoms with Gasteiger partial charge in [0, 0.05) is 17.8 Å². The summed E-state index contributed by atoms with van der Waals surface area (Å²) in [6.07, 6.45) is 7.36. The topological polar surface area (TPSA) is 66.9 Å². The van der Waals surface area contributed by atoms with Gasteiger partial charge < -0.3 is 18.6 Å². The third kappa shape index (κ3) is 9.57. The van der Waals surface area contributed by atoms with Gasteiger partial charge in [0.1, 0.15) is 0 Å². The molecule has 0 N–H and O–H groups in total. The van der Waals surface area contributed by atoms with Crippen LogP contribution in [0.4, 0.5) is 0 Å². The van der Waals surface area contributed by atoms with Crippen LogP contribution >= 0.6 is 11.6 Å². The summed E-state index contributed by atoms with van der Waals surface area (Å²) in [6, 6.07) is 3.66. The summed E-state index contributed by atoms with van der Waals surface area (Å²) in [6.45, 7) is 14.6. The Morgan fingerprint density at radius 2 is 2.06 bits per heavy atom. The van der Waals surface area contributed by atoms with E-state index in [2.05, 4.69) is 38.8 Å². The highest BCUT2D eigenvalue weighted by molar-refractivity contribution is 6.74. The fourth-order valence-electron chi connectivity index (χ4n) is 3.60. The third-order valence-electron chi connectivity index (χ3n) is 6.74. The van der Waals surface area contributed by atoms with Gasteiger partial charge >= 0.3 is 5.97 Å². The van der Waals surface area contributed by atoms with Crippen molar-refractivity contribution >= 4 is 25.9 Å². The molecule has 1 aromatic rings. The molecule has 0 amide bonds. The Balaban J connectivity index is 2.05. The fraction of sp³-hybridized carbons (Fsp3) is 0.769. The summed E-state index contributed by atoms with van der Waals surface area (Å²) in [5.41, 5.74) is 0.842.